The quantitative estimate of drug-likeness (QED) is 0.499. The average Bonchev–Trinajstić information content (AvgIpc) is 3.10. The molecule has 1 aromatic heterocycles. The van der Waals surface area contributed by atoms with Gasteiger partial charge in [0.1, 0.15) is 18.2 Å². The van der Waals surface area contributed by atoms with E-state index in [4.69, 9.17) is 16.9 Å². The summed E-state index contributed by atoms with van der Waals surface area (Å²) in [5.74, 6) is 2.56. The minimum absolute atomic E-state index is 0.187. The Morgan fingerprint density at radius 3 is 2.61 bits per heavy atom. The van der Waals surface area contributed by atoms with Crippen molar-refractivity contribution in [1.82, 2.24) is 4.98 Å². The molecule has 4 rings (SSSR count). The number of aromatic nitrogens is 1. The largest absolute Gasteiger partial charge is 0.481 e. The number of aromatic amines is 1. The summed E-state index contributed by atoms with van der Waals surface area (Å²) in [6.07, 6.45) is 5.93. The molecular formula is C29H30FN3O3. The van der Waals surface area contributed by atoms with Crippen LogP contribution in [0.2, 0.25) is 0 Å². The molecule has 0 spiro atoms. The molecule has 6 nitrogen and oxygen atoms in total. The number of nitrogens with two attached hydrogens (primary N) is 1. The third kappa shape index (κ3) is 5.19. The minimum atomic E-state index is -0.768. The number of terminal acetylenes is 1. The molecule has 0 fully saturated rings. The second kappa shape index (κ2) is 10.00. The fraction of sp³-hybridized carbons (Fsp3) is 0.310. The van der Waals surface area contributed by atoms with Crippen molar-refractivity contribution in [2.24, 2.45) is 5.73 Å². The Morgan fingerprint density at radius 1 is 1.22 bits per heavy atom. The van der Waals surface area contributed by atoms with Crippen molar-refractivity contribution in [2.45, 2.75) is 45.1 Å². The van der Waals surface area contributed by atoms with E-state index in [0.717, 1.165) is 16.7 Å². The molecule has 3 aromatic rings. The highest BCUT2D eigenvalue weighted by Crippen LogP contribution is 2.39. The van der Waals surface area contributed by atoms with Crippen LogP contribution in [0.3, 0.4) is 0 Å². The fourth-order valence-electron chi connectivity index (χ4n) is 4.64. The van der Waals surface area contributed by atoms with Gasteiger partial charge in [-0.3, -0.25) is 9.59 Å². The second-order valence-corrected chi connectivity index (χ2v) is 9.89. The number of nitrogens with one attached hydrogen (secondary N) is 1. The Morgan fingerprint density at radius 2 is 1.94 bits per heavy atom. The van der Waals surface area contributed by atoms with Crippen molar-refractivity contribution in [2.75, 3.05) is 18.1 Å². The van der Waals surface area contributed by atoms with E-state index in [0.29, 0.717) is 42.1 Å². The van der Waals surface area contributed by atoms with Gasteiger partial charge in [-0.05, 0) is 60.4 Å². The van der Waals surface area contributed by atoms with E-state index >= 15 is 0 Å². The Hall–Kier alpha value is -3.89. The zero-order valence-corrected chi connectivity index (χ0v) is 20.7. The van der Waals surface area contributed by atoms with Crippen LogP contribution in [0.5, 0.6) is 5.75 Å². The fourth-order valence-corrected chi connectivity index (χ4v) is 4.64. The van der Waals surface area contributed by atoms with E-state index in [2.05, 4.69) is 10.9 Å². The first-order valence-electron chi connectivity index (χ1n) is 11.8. The summed E-state index contributed by atoms with van der Waals surface area (Å²) < 4.78 is 18.8. The molecule has 7 heteroatoms. The van der Waals surface area contributed by atoms with Crippen molar-refractivity contribution in [1.29, 1.82) is 0 Å². The zero-order chi connectivity index (χ0) is 26.0. The number of fused-ring (bicyclic) bond motifs is 1. The van der Waals surface area contributed by atoms with Crippen LogP contribution in [0.4, 0.5) is 10.1 Å². The van der Waals surface area contributed by atoms with Gasteiger partial charge in [0.25, 0.3) is 5.56 Å². The molecule has 0 radical (unpaired) electrons. The Bertz CT molecular complexity index is 1390. The summed E-state index contributed by atoms with van der Waals surface area (Å²) in [5, 5.41) is 0. The van der Waals surface area contributed by atoms with Crippen molar-refractivity contribution >= 4 is 11.6 Å². The van der Waals surface area contributed by atoms with Gasteiger partial charge in [-0.25, -0.2) is 4.39 Å². The first-order chi connectivity index (χ1) is 17.1. The van der Waals surface area contributed by atoms with Gasteiger partial charge < -0.3 is 20.4 Å². The number of carbonyl (C=O) groups excluding carboxylic acids is 1. The average molecular weight is 488 g/mol. The standard InChI is InChI=1S/C29H30FN3O3/c1-5-12-36-23-11-8-20(18(2)13-23)15-24(31)28(35)33-17-29(3,4)26-25(33)16-21(27(34)32-26)14-19-6-9-22(30)10-7-19/h1,6-11,13,16,24H,12,14-15,17,31H2,2-4H3,(H,32,34)/t24-/m0/s1. The van der Waals surface area contributed by atoms with Gasteiger partial charge in [-0.1, -0.05) is 38.0 Å². The predicted octanol–water partition coefficient (Wildman–Crippen LogP) is 3.62. The molecule has 3 N–H and O–H groups in total. The van der Waals surface area contributed by atoms with Crippen molar-refractivity contribution in [3.05, 3.63) is 92.6 Å². The second-order valence-electron chi connectivity index (χ2n) is 9.89. The van der Waals surface area contributed by atoms with Crippen LogP contribution in [-0.2, 0) is 23.1 Å². The normalized spacial score (nSPS) is 14.7. The first kappa shape index (κ1) is 25.2. The molecule has 2 aromatic carbocycles. The number of aryl methyl sites for hydroxylation is 1. The van der Waals surface area contributed by atoms with Crippen LogP contribution in [0.15, 0.2) is 53.3 Å². The molecule has 0 unspecified atom stereocenters. The molecule has 0 bridgehead atoms. The van der Waals surface area contributed by atoms with Gasteiger partial charge in [-0.15, -0.1) is 6.42 Å². The van der Waals surface area contributed by atoms with E-state index in [-0.39, 0.29) is 23.9 Å². The van der Waals surface area contributed by atoms with Crippen LogP contribution < -0.4 is 20.9 Å². The molecule has 1 aliphatic rings. The van der Waals surface area contributed by atoms with Gasteiger partial charge in [0.15, 0.2) is 0 Å². The number of halogens is 1. The molecular weight excluding hydrogens is 457 g/mol. The molecule has 0 saturated heterocycles. The van der Waals surface area contributed by atoms with Crippen molar-refractivity contribution in [3.63, 3.8) is 0 Å². The zero-order valence-electron chi connectivity index (χ0n) is 20.7. The van der Waals surface area contributed by atoms with Gasteiger partial charge in [0.05, 0.1) is 11.7 Å². The number of nitrogens with zero attached hydrogens (tertiary/aromatic N) is 1. The van der Waals surface area contributed by atoms with Crippen LogP contribution >= 0.6 is 0 Å². The number of pyridine rings is 1. The van der Waals surface area contributed by atoms with E-state index < -0.39 is 11.5 Å². The molecule has 0 aliphatic carbocycles. The lowest BCUT2D eigenvalue weighted by molar-refractivity contribution is -0.119. The number of hydrogen-bond acceptors (Lipinski definition) is 4. The topological polar surface area (TPSA) is 88.4 Å². The number of amides is 1. The summed E-state index contributed by atoms with van der Waals surface area (Å²) >= 11 is 0. The molecule has 186 valence electrons. The maximum absolute atomic E-state index is 13.5. The van der Waals surface area contributed by atoms with E-state index in [1.807, 2.05) is 39.0 Å². The number of H-pyrrole nitrogens is 1. The van der Waals surface area contributed by atoms with Crippen LogP contribution in [0.1, 0.15) is 41.8 Å². The molecule has 36 heavy (non-hydrogen) atoms. The lowest BCUT2D eigenvalue weighted by atomic mass is 9.91. The highest BCUT2D eigenvalue weighted by Gasteiger charge is 2.40. The molecule has 1 aliphatic heterocycles. The molecule has 1 atom stereocenters. The SMILES string of the molecule is C#CCOc1ccc(C[C@H](N)C(=O)N2CC(C)(C)c3[nH]c(=O)c(Cc4ccc(F)cc4)cc32)c(C)c1. The Balaban J connectivity index is 1.58. The number of anilines is 1. The summed E-state index contributed by atoms with van der Waals surface area (Å²) in [6, 6.07) is 12.6. The molecule has 0 saturated carbocycles. The number of rotatable bonds is 7. The van der Waals surface area contributed by atoms with Gasteiger partial charge in [0.2, 0.25) is 5.91 Å². The van der Waals surface area contributed by atoms with Gasteiger partial charge >= 0.3 is 0 Å². The summed E-state index contributed by atoms with van der Waals surface area (Å²) in [4.78, 5) is 31.0. The predicted molar refractivity (Wildman–Crippen MR) is 139 cm³/mol. The van der Waals surface area contributed by atoms with Crippen LogP contribution in [-0.4, -0.2) is 30.1 Å². The third-order valence-corrected chi connectivity index (χ3v) is 6.59. The van der Waals surface area contributed by atoms with Crippen molar-refractivity contribution < 1.29 is 13.9 Å². The number of hydrogen-bond donors (Lipinski definition) is 2. The van der Waals surface area contributed by atoms with E-state index in [9.17, 15) is 14.0 Å². The minimum Gasteiger partial charge on any atom is -0.481 e. The van der Waals surface area contributed by atoms with E-state index in [1.165, 1.54) is 12.1 Å². The number of benzene rings is 2. The smallest absolute Gasteiger partial charge is 0.251 e. The highest BCUT2D eigenvalue weighted by atomic mass is 19.1. The molecule has 1 amide bonds. The van der Waals surface area contributed by atoms with Gasteiger partial charge in [-0.2, -0.15) is 0 Å². The summed E-state index contributed by atoms with van der Waals surface area (Å²) in [6.45, 7) is 6.50. The third-order valence-electron chi connectivity index (χ3n) is 6.59. The number of carbonyl (C=O) groups is 1. The monoisotopic (exact) mass is 487 g/mol. The summed E-state index contributed by atoms with van der Waals surface area (Å²) in [7, 11) is 0. The summed E-state index contributed by atoms with van der Waals surface area (Å²) in [5.41, 5.74) is 10.3. The lowest BCUT2D eigenvalue weighted by Gasteiger charge is -2.24. The maximum Gasteiger partial charge on any atom is 0.251 e. The lowest BCUT2D eigenvalue weighted by Crippen LogP contribution is -2.46. The molecule has 2 heterocycles. The van der Waals surface area contributed by atoms with Gasteiger partial charge in [0, 0.05) is 29.6 Å². The van der Waals surface area contributed by atoms with E-state index in [1.54, 1.807) is 23.1 Å². The van der Waals surface area contributed by atoms with Crippen LogP contribution in [0.25, 0.3) is 0 Å². The number of ether oxygens (including phenoxy) is 1. The Kier molecular flexibility index (Phi) is 7.00. The maximum atomic E-state index is 13.5. The highest BCUT2D eigenvalue weighted by molar-refractivity contribution is 5.99. The Labute approximate surface area is 210 Å². The van der Waals surface area contributed by atoms with Crippen molar-refractivity contribution in [3.8, 4) is 18.1 Å². The van der Waals surface area contributed by atoms with Crippen LogP contribution in [0, 0.1) is 25.1 Å². The first-order valence-corrected chi connectivity index (χ1v) is 11.8.